The van der Waals surface area contributed by atoms with Crippen LogP contribution in [-0.4, -0.2) is 37.1 Å². The van der Waals surface area contributed by atoms with E-state index < -0.39 is 20.0 Å². The van der Waals surface area contributed by atoms with Crippen LogP contribution in [-0.2, 0) is 20.0 Å². The fourth-order valence-electron chi connectivity index (χ4n) is 2.62. The van der Waals surface area contributed by atoms with E-state index >= 15 is 0 Å². The van der Waals surface area contributed by atoms with E-state index in [0.717, 1.165) is 0 Å². The van der Waals surface area contributed by atoms with E-state index in [-0.39, 0.29) is 26.8 Å². The smallest absolute Gasteiger partial charge is 0.264 e. The summed E-state index contributed by atoms with van der Waals surface area (Å²) in [5.74, 6) is 0.541. The van der Waals surface area contributed by atoms with Crippen molar-refractivity contribution in [3.8, 4) is 0 Å². The summed E-state index contributed by atoms with van der Waals surface area (Å²) in [5.41, 5.74) is 0.555. The molecule has 0 amide bonds. The molecule has 4 rings (SSSR count). The number of anilines is 2. The maximum atomic E-state index is 12.7. The van der Waals surface area contributed by atoms with Crippen LogP contribution in [0.15, 0.2) is 69.1 Å². The van der Waals surface area contributed by atoms with Gasteiger partial charge >= 0.3 is 0 Å². The van der Waals surface area contributed by atoms with Gasteiger partial charge in [0.15, 0.2) is 5.52 Å². The normalized spacial score (nSPS) is 12.0. The fraction of sp³-hybridized carbons (Fsp3) is 0.0588. The summed E-state index contributed by atoms with van der Waals surface area (Å²) in [4.78, 5) is 7.72. The summed E-state index contributed by atoms with van der Waals surface area (Å²) >= 11 is 0. The molecule has 2 heterocycles. The van der Waals surface area contributed by atoms with Crippen LogP contribution in [0.1, 0.15) is 5.82 Å². The van der Waals surface area contributed by atoms with E-state index in [4.69, 9.17) is 0 Å². The van der Waals surface area contributed by atoms with E-state index in [1.807, 2.05) is 0 Å². The molecule has 0 spiro atoms. The number of sulfonamides is 2. The van der Waals surface area contributed by atoms with Crippen LogP contribution in [0.3, 0.4) is 0 Å². The van der Waals surface area contributed by atoms with Crippen molar-refractivity contribution in [2.24, 2.45) is 0 Å². The van der Waals surface area contributed by atoms with E-state index in [0.29, 0.717) is 11.3 Å². The molecular formula is C17H14N6O5S2. The van der Waals surface area contributed by atoms with Crippen molar-refractivity contribution >= 4 is 42.6 Å². The fourth-order valence-corrected chi connectivity index (χ4v) is 4.83. The number of aryl methyl sites for hydroxylation is 1. The van der Waals surface area contributed by atoms with Crippen molar-refractivity contribution < 1.29 is 21.5 Å². The van der Waals surface area contributed by atoms with Gasteiger partial charge in [-0.05, 0) is 59.7 Å². The molecule has 2 N–H and O–H groups in total. The molecule has 0 radical (unpaired) electrons. The number of aromatic nitrogens is 4. The summed E-state index contributed by atoms with van der Waals surface area (Å²) in [5, 5.41) is 7.23. The van der Waals surface area contributed by atoms with Crippen LogP contribution < -0.4 is 9.44 Å². The number of hydrogen-bond donors (Lipinski definition) is 2. The van der Waals surface area contributed by atoms with Gasteiger partial charge in [-0.25, -0.2) is 31.4 Å². The van der Waals surface area contributed by atoms with E-state index in [1.54, 1.807) is 13.0 Å². The van der Waals surface area contributed by atoms with Crippen molar-refractivity contribution in [2.45, 2.75) is 16.7 Å². The largest absolute Gasteiger partial charge is 0.280 e. The van der Waals surface area contributed by atoms with E-state index in [1.165, 1.54) is 48.7 Å². The Morgan fingerprint density at radius 3 is 2.37 bits per heavy atom. The van der Waals surface area contributed by atoms with Crippen LogP contribution in [0.5, 0.6) is 0 Å². The highest BCUT2D eigenvalue weighted by Gasteiger charge is 2.21. The highest BCUT2D eigenvalue weighted by Crippen LogP contribution is 2.23. The van der Waals surface area contributed by atoms with Gasteiger partial charge in [0, 0.05) is 11.9 Å². The molecule has 154 valence electrons. The molecule has 0 atom stereocenters. The molecule has 30 heavy (non-hydrogen) atoms. The Hall–Kier alpha value is -3.58. The zero-order valence-corrected chi connectivity index (χ0v) is 17.0. The minimum atomic E-state index is -4.01. The molecule has 2 aromatic heterocycles. The molecule has 0 aliphatic heterocycles. The van der Waals surface area contributed by atoms with Crippen molar-refractivity contribution in [3.63, 3.8) is 0 Å². The highest BCUT2D eigenvalue weighted by molar-refractivity contribution is 7.93. The number of hydrogen-bond acceptors (Lipinski definition) is 9. The highest BCUT2D eigenvalue weighted by atomic mass is 32.2. The molecule has 2 aromatic carbocycles. The zero-order valence-electron chi connectivity index (χ0n) is 15.3. The van der Waals surface area contributed by atoms with Gasteiger partial charge < -0.3 is 0 Å². The Kier molecular flexibility index (Phi) is 4.83. The van der Waals surface area contributed by atoms with Gasteiger partial charge in [-0.3, -0.25) is 9.44 Å². The van der Waals surface area contributed by atoms with Crippen LogP contribution in [0.4, 0.5) is 11.5 Å². The molecule has 0 unspecified atom stereocenters. The third kappa shape index (κ3) is 3.92. The lowest BCUT2D eigenvalue weighted by atomic mass is 10.3. The third-order valence-corrected chi connectivity index (χ3v) is 6.75. The average Bonchev–Trinajstić information content (AvgIpc) is 3.16. The molecule has 0 aliphatic carbocycles. The second-order valence-electron chi connectivity index (χ2n) is 6.11. The predicted molar refractivity (Wildman–Crippen MR) is 107 cm³/mol. The first kappa shape index (κ1) is 19.7. The standard InChI is InChI=1S/C17H14N6O5S2/c1-11-18-10-9-16(19-11)23-29(24,25)13-7-5-12(6-8-13)22-30(26,27)15-4-2-3-14-17(15)21-28-20-14/h2-10,22H,1H3,(H,18,19,23). The number of benzene rings is 2. The Morgan fingerprint density at radius 2 is 1.63 bits per heavy atom. The first-order valence-corrected chi connectivity index (χ1v) is 11.4. The van der Waals surface area contributed by atoms with Crippen molar-refractivity contribution in [1.82, 2.24) is 20.3 Å². The summed E-state index contributed by atoms with van der Waals surface area (Å²) in [6.45, 7) is 1.63. The van der Waals surface area contributed by atoms with Gasteiger partial charge in [0.05, 0.1) is 4.90 Å². The number of nitrogens with one attached hydrogen (secondary N) is 2. The second-order valence-corrected chi connectivity index (χ2v) is 9.45. The number of rotatable bonds is 6. The van der Waals surface area contributed by atoms with Gasteiger partial charge in [-0.1, -0.05) is 6.07 Å². The van der Waals surface area contributed by atoms with Gasteiger partial charge in [-0.15, -0.1) is 0 Å². The molecule has 0 bridgehead atoms. The predicted octanol–water partition coefficient (Wildman–Crippen LogP) is 1.92. The number of fused-ring (bicyclic) bond motifs is 1. The number of nitrogens with zero attached hydrogens (tertiary/aromatic N) is 4. The monoisotopic (exact) mass is 446 g/mol. The summed E-state index contributed by atoms with van der Waals surface area (Å²) in [6.07, 6.45) is 1.43. The zero-order chi connectivity index (χ0) is 21.4. The summed E-state index contributed by atoms with van der Waals surface area (Å²) in [6, 6.07) is 11.1. The Balaban J connectivity index is 1.57. The first-order chi connectivity index (χ1) is 14.2. The lowest BCUT2D eigenvalue weighted by Gasteiger charge is -2.10. The van der Waals surface area contributed by atoms with E-state index in [2.05, 4.69) is 34.4 Å². The minimum Gasteiger partial charge on any atom is -0.280 e. The Morgan fingerprint density at radius 1 is 0.867 bits per heavy atom. The Bertz CT molecular complexity index is 1430. The summed E-state index contributed by atoms with van der Waals surface area (Å²) in [7, 11) is -7.92. The average molecular weight is 446 g/mol. The molecule has 0 fully saturated rings. The van der Waals surface area contributed by atoms with E-state index in [9.17, 15) is 16.8 Å². The SMILES string of the molecule is Cc1nccc(NS(=O)(=O)c2ccc(NS(=O)(=O)c3cccc4nonc34)cc2)n1. The lowest BCUT2D eigenvalue weighted by Crippen LogP contribution is -2.15. The maximum absolute atomic E-state index is 12.7. The third-order valence-electron chi connectivity index (χ3n) is 3.97. The minimum absolute atomic E-state index is 0.0653. The maximum Gasteiger partial charge on any atom is 0.264 e. The van der Waals surface area contributed by atoms with Gasteiger partial charge in [0.2, 0.25) is 0 Å². The van der Waals surface area contributed by atoms with Crippen molar-refractivity contribution in [1.29, 1.82) is 0 Å². The molecule has 0 aliphatic rings. The molecule has 0 saturated heterocycles. The van der Waals surface area contributed by atoms with Crippen LogP contribution in [0, 0.1) is 6.92 Å². The van der Waals surface area contributed by atoms with Gasteiger partial charge in [0.25, 0.3) is 20.0 Å². The molecule has 13 heteroatoms. The molecule has 4 aromatic rings. The first-order valence-electron chi connectivity index (χ1n) is 8.41. The molecular weight excluding hydrogens is 432 g/mol. The van der Waals surface area contributed by atoms with Crippen molar-refractivity contribution in [3.05, 3.63) is 60.6 Å². The van der Waals surface area contributed by atoms with Crippen LogP contribution >= 0.6 is 0 Å². The van der Waals surface area contributed by atoms with Crippen molar-refractivity contribution in [2.75, 3.05) is 9.44 Å². The second kappa shape index (κ2) is 7.35. The topological polar surface area (TPSA) is 157 Å². The quantitative estimate of drug-likeness (QED) is 0.451. The van der Waals surface area contributed by atoms with Crippen LogP contribution in [0.25, 0.3) is 11.0 Å². The lowest BCUT2D eigenvalue weighted by molar-refractivity contribution is 0.315. The molecule has 0 saturated carbocycles. The Labute approximate surface area is 171 Å². The van der Waals surface area contributed by atoms with Gasteiger partial charge in [0.1, 0.15) is 22.1 Å². The molecule has 11 nitrogen and oxygen atoms in total. The van der Waals surface area contributed by atoms with Gasteiger partial charge in [-0.2, -0.15) is 0 Å². The summed E-state index contributed by atoms with van der Waals surface area (Å²) < 4.78 is 59.7. The van der Waals surface area contributed by atoms with Crippen LogP contribution in [0.2, 0.25) is 0 Å².